The molecule has 0 aromatic rings. The first-order chi connectivity index (χ1) is 21.4. The molecule has 1 aliphatic heterocycles. The molecule has 1 N–H and O–H groups in total. The van der Waals surface area contributed by atoms with Gasteiger partial charge in [-0.1, -0.05) is 59.1 Å². The van der Waals surface area contributed by atoms with Crippen molar-refractivity contribution in [3.8, 4) is 0 Å². The van der Waals surface area contributed by atoms with Gasteiger partial charge in [0.1, 0.15) is 0 Å². The van der Waals surface area contributed by atoms with E-state index in [0.717, 1.165) is 74.2 Å². The number of methoxy groups -OCH3 is 1. The zero-order valence-corrected chi connectivity index (χ0v) is 30.6. The first kappa shape index (κ1) is 34.2. The van der Waals surface area contributed by atoms with Crippen LogP contribution in [-0.4, -0.2) is 65.4 Å². The minimum absolute atomic E-state index is 0.0714. The number of ether oxygens (including phenoxy) is 1. The summed E-state index contributed by atoms with van der Waals surface area (Å²) in [5.41, 5.74) is 3.57. The van der Waals surface area contributed by atoms with Crippen LogP contribution in [0.4, 0.5) is 0 Å². The van der Waals surface area contributed by atoms with Crippen molar-refractivity contribution in [1.29, 1.82) is 0 Å². The van der Waals surface area contributed by atoms with Gasteiger partial charge >= 0.3 is 5.97 Å². The molecule has 6 unspecified atom stereocenters. The van der Waals surface area contributed by atoms with Gasteiger partial charge in [0.05, 0.1) is 7.11 Å². The van der Waals surface area contributed by atoms with Gasteiger partial charge in [-0.05, 0) is 122 Å². The summed E-state index contributed by atoms with van der Waals surface area (Å²) < 4.78 is 16.7. The van der Waals surface area contributed by atoms with Gasteiger partial charge < -0.3 is 15.0 Å². The van der Waals surface area contributed by atoms with E-state index in [-0.39, 0.29) is 11.4 Å². The minimum atomic E-state index is -0.588. The van der Waals surface area contributed by atoms with Gasteiger partial charge in [0.15, 0.2) is 0 Å². The van der Waals surface area contributed by atoms with Crippen LogP contribution in [0.25, 0.3) is 0 Å². The van der Waals surface area contributed by atoms with Crippen molar-refractivity contribution in [3.05, 3.63) is 11.6 Å². The lowest BCUT2D eigenvalue weighted by Gasteiger charge is -2.72. The smallest absolute Gasteiger partial charge is 0.305 e. The van der Waals surface area contributed by atoms with Crippen LogP contribution >= 0.6 is 0 Å². The van der Waals surface area contributed by atoms with Crippen LogP contribution in [0.2, 0.25) is 0 Å². The molecule has 1 heterocycles. The Kier molecular flexibility index (Phi) is 9.83. The fraction of sp³-hybridized carbons (Fsp3) is 0.923. The van der Waals surface area contributed by atoms with Crippen molar-refractivity contribution in [1.82, 2.24) is 10.2 Å². The largest absolute Gasteiger partial charge is 0.469 e. The molecule has 6 rings (SSSR count). The Morgan fingerprint density at radius 3 is 2.44 bits per heavy atom. The maximum atomic E-state index is 11.9. The predicted octanol–water partition coefficient (Wildman–Crippen LogP) is 7.91. The highest BCUT2D eigenvalue weighted by Crippen LogP contribution is 2.75. The molecule has 0 aromatic heterocycles. The molecule has 0 radical (unpaired) electrons. The van der Waals surface area contributed by atoms with Crippen LogP contribution in [-0.2, 0) is 20.3 Å². The molecule has 6 aliphatic rings. The minimum Gasteiger partial charge on any atom is -0.469 e. The van der Waals surface area contributed by atoms with E-state index < -0.39 is 10.8 Å². The highest BCUT2D eigenvalue weighted by atomic mass is 32.2. The Bertz CT molecular complexity index is 1140. The average molecular weight is 643 g/mol. The number of allylic oxidation sites excluding steroid dienone is 2. The summed E-state index contributed by atoms with van der Waals surface area (Å²) in [5, 5.41) is 4.24. The van der Waals surface area contributed by atoms with Crippen LogP contribution < -0.4 is 5.32 Å². The summed E-state index contributed by atoms with van der Waals surface area (Å²) in [6.07, 6.45) is 21.6. The van der Waals surface area contributed by atoms with Crippen molar-refractivity contribution in [2.24, 2.45) is 45.3 Å². The third-order valence-electron chi connectivity index (χ3n) is 15.8. The Labute approximate surface area is 278 Å². The van der Waals surface area contributed by atoms with Crippen molar-refractivity contribution < 1.29 is 13.7 Å². The number of hydrogen-bond acceptors (Lipinski definition) is 5. The molecule has 8 atom stereocenters. The summed E-state index contributed by atoms with van der Waals surface area (Å²) in [6.45, 7) is 17.6. The molecular weight excluding hydrogens is 577 g/mol. The lowest BCUT2D eigenvalue weighted by Crippen LogP contribution is -2.67. The molecule has 256 valence electrons. The standard InChI is InChI=1S/C39H66N2O3S/c1-35(2)29(11-8-7-9-13-34(42)44-6)16-19-36(3)32(35)17-20-38(5)33(36)15-14-30-31-12-10-18-39(31,22-21-37(30,38)4)40-23-24-41-25-27-45(43)28-26-41/h16,30-33,40H,7-15,17-28H2,1-6H3/t30?,31-,32?,33?,36?,37-,38?,39?/m1/s1. The molecule has 4 saturated carbocycles. The third kappa shape index (κ3) is 5.85. The molecular formula is C39H66N2O3S. The highest BCUT2D eigenvalue weighted by Gasteiger charge is 2.69. The monoisotopic (exact) mass is 642 g/mol. The number of hydrogen-bond donors (Lipinski definition) is 1. The molecule has 6 heteroatoms. The first-order valence-corrected chi connectivity index (χ1v) is 20.5. The van der Waals surface area contributed by atoms with Crippen molar-refractivity contribution >= 4 is 16.8 Å². The molecule has 0 spiro atoms. The van der Waals surface area contributed by atoms with Gasteiger partial charge in [0, 0.05) is 60.4 Å². The topological polar surface area (TPSA) is 58.6 Å². The number of rotatable bonds is 10. The lowest BCUT2D eigenvalue weighted by molar-refractivity contribution is -0.219. The van der Waals surface area contributed by atoms with Gasteiger partial charge in [-0.2, -0.15) is 0 Å². The van der Waals surface area contributed by atoms with Gasteiger partial charge in [-0.15, -0.1) is 0 Å². The van der Waals surface area contributed by atoms with Crippen molar-refractivity contribution in [3.63, 3.8) is 0 Å². The summed E-state index contributed by atoms with van der Waals surface area (Å²) >= 11 is 0. The normalized spacial score (nSPS) is 43.0. The highest BCUT2D eigenvalue weighted by molar-refractivity contribution is 7.85. The van der Waals surface area contributed by atoms with E-state index in [1.165, 1.54) is 84.2 Å². The maximum Gasteiger partial charge on any atom is 0.305 e. The van der Waals surface area contributed by atoms with E-state index >= 15 is 0 Å². The van der Waals surface area contributed by atoms with Gasteiger partial charge in [0.25, 0.3) is 0 Å². The number of carbonyl (C=O) groups is 1. The summed E-state index contributed by atoms with van der Waals surface area (Å²) in [7, 11) is 0.907. The molecule has 0 bridgehead atoms. The molecule has 0 aromatic carbocycles. The Morgan fingerprint density at radius 2 is 1.69 bits per heavy atom. The maximum absolute atomic E-state index is 11.9. The fourth-order valence-corrected chi connectivity index (χ4v) is 14.3. The Hall–Kier alpha value is -0.720. The number of carbonyl (C=O) groups excluding carboxylic acids is 1. The number of esters is 1. The molecule has 5 aliphatic carbocycles. The zero-order chi connectivity index (χ0) is 32.1. The Balaban J connectivity index is 1.13. The number of fused-ring (bicyclic) bond motifs is 7. The lowest BCUT2D eigenvalue weighted by atomic mass is 9.33. The summed E-state index contributed by atoms with van der Waals surface area (Å²) in [4.78, 5) is 14.1. The fourth-order valence-electron chi connectivity index (χ4n) is 13.2. The predicted molar refractivity (Wildman–Crippen MR) is 186 cm³/mol. The average Bonchev–Trinajstić information content (AvgIpc) is 3.43. The summed E-state index contributed by atoms with van der Waals surface area (Å²) in [5.74, 6) is 4.92. The van der Waals surface area contributed by atoms with Gasteiger partial charge in [-0.3, -0.25) is 9.00 Å². The van der Waals surface area contributed by atoms with E-state index in [1.54, 1.807) is 5.57 Å². The molecule has 0 amide bonds. The van der Waals surface area contributed by atoms with Gasteiger partial charge in [0.2, 0.25) is 0 Å². The SMILES string of the molecule is COC(=O)CCCCCC1=CCC2(C)C(CCC3(C)C2CCC2[C@H]4CCCC4(NCCN4CCS(=O)CC4)CC[C@]23C)C1(C)C. The molecule has 5 fully saturated rings. The number of nitrogens with zero attached hydrogens (tertiary/aromatic N) is 1. The quantitative estimate of drug-likeness (QED) is 0.149. The van der Waals surface area contributed by atoms with Gasteiger partial charge in [-0.25, -0.2) is 0 Å². The summed E-state index contributed by atoms with van der Waals surface area (Å²) in [6, 6.07) is 0. The van der Waals surface area contributed by atoms with E-state index in [0.29, 0.717) is 28.2 Å². The van der Waals surface area contributed by atoms with E-state index in [9.17, 15) is 9.00 Å². The van der Waals surface area contributed by atoms with Crippen LogP contribution in [0.15, 0.2) is 11.6 Å². The van der Waals surface area contributed by atoms with Crippen LogP contribution in [0.3, 0.4) is 0 Å². The molecule has 1 saturated heterocycles. The number of unbranched alkanes of at least 4 members (excludes halogenated alkanes) is 2. The van der Waals surface area contributed by atoms with Crippen molar-refractivity contribution in [2.75, 3.05) is 44.8 Å². The van der Waals surface area contributed by atoms with Crippen LogP contribution in [0.1, 0.15) is 131 Å². The van der Waals surface area contributed by atoms with E-state index in [4.69, 9.17) is 4.74 Å². The number of nitrogens with one attached hydrogen (secondary N) is 1. The van der Waals surface area contributed by atoms with Crippen LogP contribution in [0, 0.1) is 45.3 Å². The molecule has 5 nitrogen and oxygen atoms in total. The Morgan fingerprint density at radius 1 is 0.911 bits per heavy atom. The van der Waals surface area contributed by atoms with E-state index in [1.807, 2.05) is 0 Å². The van der Waals surface area contributed by atoms with Crippen LogP contribution in [0.5, 0.6) is 0 Å². The second kappa shape index (κ2) is 13.0. The zero-order valence-electron chi connectivity index (χ0n) is 29.8. The second-order valence-corrected chi connectivity index (χ2v) is 19.4. The van der Waals surface area contributed by atoms with Crippen molar-refractivity contribution in [2.45, 2.75) is 136 Å². The third-order valence-corrected chi connectivity index (χ3v) is 17.1. The second-order valence-electron chi connectivity index (χ2n) is 17.7. The van der Waals surface area contributed by atoms with E-state index in [2.05, 4.69) is 50.9 Å². The molecule has 45 heavy (non-hydrogen) atoms. The first-order valence-electron chi connectivity index (χ1n) is 19.0.